The number of aryl methyl sites for hydroxylation is 1. The number of aromatic nitrogens is 1. The summed E-state index contributed by atoms with van der Waals surface area (Å²) in [6.45, 7) is 2.00. The van der Waals surface area contributed by atoms with Gasteiger partial charge >= 0.3 is 0 Å². The Balaban J connectivity index is 1.96. The standard InChI is InChI=1S/C14H17ClN2O/c1-8-6-10(15)7-12-13(8)18-14(17-12)9-2-4-11(16)5-3-9/h6-7,9,11H,2-5,16H2,1H3. The van der Waals surface area contributed by atoms with Crippen LogP contribution in [0.4, 0.5) is 0 Å². The van der Waals surface area contributed by atoms with Gasteiger partial charge in [-0.05, 0) is 50.3 Å². The number of nitrogens with two attached hydrogens (primary N) is 1. The van der Waals surface area contributed by atoms with Crippen LogP contribution in [0.2, 0.25) is 5.02 Å². The molecule has 0 spiro atoms. The maximum Gasteiger partial charge on any atom is 0.198 e. The third-order valence-corrected chi connectivity index (χ3v) is 4.00. The van der Waals surface area contributed by atoms with Crippen molar-refractivity contribution in [2.45, 2.75) is 44.6 Å². The SMILES string of the molecule is Cc1cc(Cl)cc2nc(C3CCC(N)CC3)oc12. The molecule has 1 saturated carbocycles. The van der Waals surface area contributed by atoms with Gasteiger partial charge in [0.2, 0.25) is 0 Å². The zero-order chi connectivity index (χ0) is 12.7. The lowest BCUT2D eigenvalue weighted by Crippen LogP contribution is -2.25. The van der Waals surface area contributed by atoms with Gasteiger partial charge in [-0.15, -0.1) is 0 Å². The van der Waals surface area contributed by atoms with E-state index < -0.39 is 0 Å². The molecule has 3 rings (SSSR count). The first kappa shape index (κ1) is 12.0. The minimum absolute atomic E-state index is 0.349. The average molecular weight is 265 g/mol. The highest BCUT2D eigenvalue weighted by molar-refractivity contribution is 6.31. The number of oxazole rings is 1. The normalized spacial score (nSPS) is 24.6. The van der Waals surface area contributed by atoms with Crippen molar-refractivity contribution >= 4 is 22.7 Å². The van der Waals surface area contributed by atoms with Crippen molar-refractivity contribution in [1.29, 1.82) is 0 Å². The molecule has 0 saturated heterocycles. The van der Waals surface area contributed by atoms with Gasteiger partial charge < -0.3 is 10.2 Å². The Hall–Kier alpha value is -1.06. The molecule has 1 aromatic carbocycles. The van der Waals surface area contributed by atoms with Crippen molar-refractivity contribution in [1.82, 2.24) is 4.98 Å². The molecule has 1 heterocycles. The van der Waals surface area contributed by atoms with E-state index in [1.807, 2.05) is 19.1 Å². The number of benzene rings is 1. The quantitative estimate of drug-likeness (QED) is 0.853. The van der Waals surface area contributed by atoms with Gasteiger partial charge in [0, 0.05) is 17.0 Å². The molecule has 96 valence electrons. The number of hydrogen-bond acceptors (Lipinski definition) is 3. The summed E-state index contributed by atoms with van der Waals surface area (Å²) in [6.07, 6.45) is 4.26. The molecule has 0 radical (unpaired) electrons. The molecule has 0 unspecified atom stereocenters. The first-order valence-corrected chi connectivity index (χ1v) is 6.83. The fourth-order valence-corrected chi connectivity index (χ4v) is 2.98. The zero-order valence-electron chi connectivity index (χ0n) is 10.4. The van der Waals surface area contributed by atoms with Crippen LogP contribution >= 0.6 is 11.6 Å². The van der Waals surface area contributed by atoms with Crippen LogP contribution in [0.1, 0.15) is 43.1 Å². The molecule has 0 atom stereocenters. The Morgan fingerprint density at radius 3 is 2.72 bits per heavy atom. The monoisotopic (exact) mass is 264 g/mol. The minimum Gasteiger partial charge on any atom is -0.440 e. The molecule has 0 amide bonds. The second-order valence-corrected chi connectivity index (χ2v) is 5.67. The van der Waals surface area contributed by atoms with Gasteiger partial charge in [-0.3, -0.25) is 0 Å². The topological polar surface area (TPSA) is 52.0 Å². The summed E-state index contributed by atoms with van der Waals surface area (Å²) < 4.78 is 5.92. The Bertz CT molecular complexity index is 570. The number of rotatable bonds is 1. The van der Waals surface area contributed by atoms with E-state index in [1.54, 1.807) is 0 Å². The van der Waals surface area contributed by atoms with Crippen LogP contribution in [0.25, 0.3) is 11.1 Å². The van der Waals surface area contributed by atoms with Crippen LogP contribution in [-0.2, 0) is 0 Å². The smallest absolute Gasteiger partial charge is 0.198 e. The summed E-state index contributed by atoms with van der Waals surface area (Å²) in [4.78, 5) is 4.59. The van der Waals surface area contributed by atoms with Gasteiger partial charge in [0.05, 0.1) is 0 Å². The van der Waals surface area contributed by atoms with Gasteiger partial charge in [0.15, 0.2) is 11.5 Å². The van der Waals surface area contributed by atoms with Crippen LogP contribution in [0.5, 0.6) is 0 Å². The van der Waals surface area contributed by atoms with Gasteiger partial charge in [0.1, 0.15) is 5.52 Å². The molecule has 4 heteroatoms. The van der Waals surface area contributed by atoms with Gasteiger partial charge in [0.25, 0.3) is 0 Å². The molecule has 2 aromatic rings. The third kappa shape index (κ3) is 2.13. The van der Waals surface area contributed by atoms with Crippen LogP contribution in [0.3, 0.4) is 0 Å². The Kier molecular flexibility index (Phi) is 3.04. The largest absolute Gasteiger partial charge is 0.440 e. The molecule has 0 bridgehead atoms. The summed E-state index contributed by atoms with van der Waals surface area (Å²) in [5.74, 6) is 1.26. The molecule has 1 aromatic heterocycles. The van der Waals surface area contributed by atoms with E-state index in [0.717, 1.165) is 48.2 Å². The molecular weight excluding hydrogens is 248 g/mol. The van der Waals surface area contributed by atoms with E-state index in [0.29, 0.717) is 17.0 Å². The second-order valence-electron chi connectivity index (χ2n) is 5.23. The maximum atomic E-state index is 6.04. The van der Waals surface area contributed by atoms with Crippen molar-refractivity contribution in [2.75, 3.05) is 0 Å². The third-order valence-electron chi connectivity index (χ3n) is 3.78. The lowest BCUT2D eigenvalue weighted by molar-refractivity contribution is 0.346. The Morgan fingerprint density at radius 2 is 2.00 bits per heavy atom. The molecule has 0 aliphatic heterocycles. The highest BCUT2D eigenvalue weighted by Crippen LogP contribution is 2.34. The van der Waals surface area contributed by atoms with E-state index in [-0.39, 0.29) is 0 Å². The minimum atomic E-state index is 0.349. The van der Waals surface area contributed by atoms with Crippen LogP contribution in [-0.4, -0.2) is 11.0 Å². The molecular formula is C14H17ClN2O. The molecule has 3 nitrogen and oxygen atoms in total. The Labute approximate surface area is 111 Å². The molecule has 1 fully saturated rings. The lowest BCUT2D eigenvalue weighted by Gasteiger charge is -2.23. The van der Waals surface area contributed by atoms with Crippen molar-refractivity contribution in [3.63, 3.8) is 0 Å². The number of nitrogens with zero attached hydrogens (tertiary/aromatic N) is 1. The van der Waals surface area contributed by atoms with E-state index in [4.69, 9.17) is 21.8 Å². The van der Waals surface area contributed by atoms with Gasteiger partial charge in [-0.25, -0.2) is 4.98 Å². The van der Waals surface area contributed by atoms with E-state index in [9.17, 15) is 0 Å². The molecule has 2 N–H and O–H groups in total. The fraction of sp³-hybridized carbons (Fsp3) is 0.500. The van der Waals surface area contributed by atoms with Gasteiger partial charge in [-0.1, -0.05) is 11.6 Å². The van der Waals surface area contributed by atoms with E-state index in [2.05, 4.69) is 4.98 Å². The summed E-state index contributed by atoms with van der Waals surface area (Å²) in [6, 6.07) is 4.13. The number of fused-ring (bicyclic) bond motifs is 1. The van der Waals surface area contributed by atoms with E-state index in [1.165, 1.54) is 0 Å². The summed E-state index contributed by atoms with van der Waals surface area (Å²) in [5, 5.41) is 0.713. The van der Waals surface area contributed by atoms with Crippen LogP contribution in [0, 0.1) is 6.92 Å². The van der Waals surface area contributed by atoms with Crippen LogP contribution in [0.15, 0.2) is 16.5 Å². The lowest BCUT2D eigenvalue weighted by atomic mass is 9.86. The summed E-state index contributed by atoms with van der Waals surface area (Å²) in [7, 11) is 0. The predicted octanol–water partition coefficient (Wildman–Crippen LogP) is 3.77. The first-order valence-electron chi connectivity index (χ1n) is 6.45. The maximum absolute atomic E-state index is 6.04. The zero-order valence-corrected chi connectivity index (χ0v) is 11.2. The van der Waals surface area contributed by atoms with Crippen LogP contribution < -0.4 is 5.73 Å². The molecule has 1 aliphatic rings. The average Bonchev–Trinajstić information content (AvgIpc) is 2.74. The first-order chi connectivity index (χ1) is 8.63. The van der Waals surface area contributed by atoms with Crippen molar-refractivity contribution in [3.8, 4) is 0 Å². The van der Waals surface area contributed by atoms with Gasteiger partial charge in [-0.2, -0.15) is 0 Å². The van der Waals surface area contributed by atoms with Crippen molar-refractivity contribution in [2.24, 2.45) is 5.73 Å². The van der Waals surface area contributed by atoms with Crippen molar-refractivity contribution in [3.05, 3.63) is 28.6 Å². The molecule has 1 aliphatic carbocycles. The molecule has 18 heavy (non-hydrogen) atoms. The Morgan fingerprint density at radius 1 is 1.28 bits per heavy atom. The summed E-state index contributed by atoms with van der Waals surface area (Å²) >= 11 is 6.04. The highest BCUT2D eigenvalue weighted by atomic mass is 35.5. The predicted molar refractivity (Wildman–Crippen MR) is 72.9 cm³/mol. The van der Waals surface area contributed by atoms with E-state index >= 15 is 0 Å². The van der Waals surface area contributed by atoms with Crippen molar-refractivity contribution < 1.29 is 4.42 Å². The number of halogens is 1. The number of hydrogen-bond donors (Lipinski definition) is 1. The second kappa shape index (κ2) is 4.56. The highest BCUT2D eigenvalue weighted by Gasteiger charge is 2.24. The summed E-state index contributed by atoms with van der Waals surface area (Å²) in [5.41, 5.74) is 8.70. The fourth-order valence-electron chi connectivity index (χ4n) is 2.71.